The van der Waals surface area contributed by atoms with Crippen LogP contribution in [0, 0.1) is 0 Å². The molecule has 2 aliphatic rings. The van der Waals surface area contributed by atoms with E-state index in [1.54, 1.807) is 0 Å². The van der Waals surface area contributed by atoms with Crippen LogP contribution in [0.25, 0.3) is 0 Å². The molecular weight excluding hydrogens is 323 g/mol. The summed E-state index contributed by atoms with van der Waals surface area (Å²) < 4.78 is 65.9. The Morgan fingerprint density at radius 2 is 2.21 bits per heavy atom. The molecule has 0 saturated carbocycles. The number of benzene rings is 1. The number of alkyl halides is 3. The zero-order valence-corrected chi connectivity index (χ0v) is 11.5. The van der Waals surface area contributed by atoms with E-state index in [4.69, 9.17) is 8.85 Å². The number of morpholine rings is 1. The topological polar surface area (TPSA) is 21.3 Å². The molecule has 6 heteroatoms. The highest BCUT2D eigenvalue weighted by molar-refractivity contribution is 8.93. The Labute approximate surface area is 124 Å². The van der Waals surface area contributed by atoms with Crippen LogP contribution >= 0.6 is 17.0 Å². The lowest BCUT2D eigenvalue weighted by Crippen LogP contribution is -2.44. The van der Waals surface area contributed by atoms with Crippen LogP contribution in [0.3, 0.4) is 0 Å². The molecule has 0 spiro atoms. The largest absolute Gasteiger partial charge is 0.416 e. The fourth-order valence-electron chi connectivity index (χ4n) is 2.66. The van der Waals surface area contributed by atoms with Crippen LogP contribution in [-0.2, 0) is 17.3 Å². The molecule has 3 atom stereocenters. The van der Waals surface area contributed by atoms with Gasteiger partial charge < -0.3 is 10.1 Å². The molecule has 1 aliphatic carbocycles. The fraction of sp³-hybridized carbons (Fsp3) is 0.538. The molecule has 1 heterocycles. The van der Waals surface area contributed by atoms with Crippen molar-refractivity contribution in [1.82, 2.24) is 5.32 Å². The highest BCUT2D eigenvalue weighted by Gasteiger charge is 2.39. The molecule has 1 saturated heterocycles. The zero-order valence-electron chi connectivity index (χ0n) is 12.8. The van der Waals surface area contributed by atoms with Gasteiger partial charge in [-0.15, -0.1) is 17.0 Å². The number of ether oxygens (including phenoxy) is 1. The minimum atomic E-state index is -4.38. The molecule has 1 aromatic rings. The average molecular weight is 341 g/mol. The summed E-state index contributed by atoms with van der Waals surface area (Å²) in [5.74, 6) is 0. The monoisotopic (exact) mass is 340 g/mol. The molecule has 1 aliphatic heterocycles. The van der Waals surface area contributed by atoms with Gasteiger partial charge in [-0.2, -0.15) is 13.2 Å². The standard InChI is InChI=1S/C13H14F3NO.BrH/c1-7-6-17-12-10-3-2-9(13(14,15)16)4-8(10)5-11(12)18-7;/h2-4,7,11-12,17H,5-6H2,1H3;1H/t7?,11-,12+;/m1./s1/i1D3;. The lowest BCUT2D eigenvalue weighted by atomic mass is 10.0. The number of hydrogen-bond donors (Lipinski definition) is 1. The van der Waals surface area contributed by atoms with Crippen molar-refractivity contribution in [3.63, 3.8) is 0 Å². The van der Waals surface area contributed by atoms with Crippen LogP contribution in [0.1, 0.15) is 33.7 Å². The first-order chi connectivity index (χ1) is 9.66. The van der Waals surface area contributed by atoms with Crippen LogP contribution in [0.2, 0.25) is 0 Å². The maximum atomic E-state index is 12.7. The smallest absolute Gasteiger partial charge is 0.372 e. The molecule has 1 N–H and O–H groups in total. The minimum absolute atomic E-state index is 0. The summed E-state index contributed by atoms with van der Waals surface area (Å²) in [5, 5.41) is 3.09. The van der Waals surface area contributed by atoms with Gasteiger partial charge in [0, 0.05) is 17.1 Å². The van der Waals surface area contributed by atoms with Gasteiger partial charge in [-0.3, -0.25) is 0 Å². The summed E-state index contributed by atoms with van der Waals surface area (Å²) in [4.78, 5) is 0. The lowest BCUT2D eigenvalue weighted by Gasteiger charge is -2.32. The number of rotatable bonds is 0. The Hall–Kier alpha value is -0.590. The third kappa shape index (κ3) is 2.66. The molecule has 0 aromatic heterocycles. The molecule has 1 unspecified atom stereocenters. The SMILES string of the molecule is Br.[2H]C([2H])([2H])C1CN[C@H]2c3ccc(C(F)(F)F)cc3C[C@H]2O1. The van der Waals surface area contributed by atoms with E-state index < -0.39 is 30.8 Å². The Morgan fingerprint density at radius 1 is 1.42 bits per heavy atom. The fourth-order valence-corrected chi connectivity index (χ4v) is 2.66. The summed E-state index contributed by atoms with van der Waals surface area (Å²) in [5.41, 5.74) is 0.641. The predicted molar refractivity (Wildman–Crippen MR) is 70.5 cm³/mol. The second-order valence-corrected chi connectivity index (χ2v) is 4.66. The molecule has 0 radical (unpaired) electrons. The third-order valence-electron chi connectivity index (χ3n) is 3.46. The van der Waals surface area contributed by atoms with Crippen LogP contribution in [0.4, 0.5) is 13.2 Å². The van der Waals surface area contributed by atoms with E-state index in [9.17, 15) is 13.2 Å². The van der Waals surface area contributed by atoms with Crippen molar-refractivity contribution < 1.29 is 22.0 Å². The maximum Gasteiger partial charge on any atom is 0.416 e. The maximum absolute atomic E-state index is 12.7. The van der Waals surface area contributed by atoms with Gasteiger partial charge in [-0.25, -0.2) is 0 Å². The molecular formula is C13H15BrF3NO. The Balaban J connectivity index is 0.00000176. The number of halogens is 4. The normalized spacial score (nSPS) is 32.4. The van der Waals surface area contributed by atoms with Gasteiger partial charge in [0.1, 0.15) is 0 Å². The van der Waals surface area contributed by atoms with Crippen molar-refractivity contribution in [2.45, 2.75) is 37.7 Å². The van der Waals surface area contributed by atoms with E-state index in [1.807, 2.05) is 0 Å². The van der Waals surface area contributed by atoms with Gasteiger partial charge in [0.25, 0.3) is 0 Å². The highest BCUT2D eigenvalue weighted by Crippen LogP contribution is 2.39. The average Bonchev–Trinajstić information content (AvgIpc) is 2.73. The molecule has 0 amide bonds. The molecule has 0 bridgehead atoms. The van der Waals surface area contributed by atoms with E-state index in [2.05, 4.69) is 5.32 Å². The summed E-state index contributed by atoms with van der Waals surface area (Å²) in [6.07, 6.45) is -5.43. The van der Waals surface area contributed by atoms with E-state index in [1.165, 1.54) is 6.07 Å². The zero-order chi connectivity index (χ0) is 15.4. The van der Waals surface area contributed by atoms with Crippen LogP contribution in [0.5, 0.6) is 0 Å². The molecule has 2 nitrogen and oxygen atoms in total. The van der Waals surface area contributed by atoms with Crippen molar-refractivity contribution in [3.8, 4) is 0 Å². The summed E-state index contributed by atoms with van der Waals surface area (Å²) in [6, 6.07) is 3.40. The molecule has 1 aromatic carbocycles. The summed E-state index contributed by atoms with van der Waals surface area (Å²) in [7, 11) is 0. The second-order valence-electron chi connectivity index (χ2n) is 4.66. The predicted octanol–water partition coefficient (Wildman–Crippen LogP) is 3.26. The van der Waals surface area contributed by atoms with Crippen molar-refractivity contribution in [2.24, 2.45) is 0 Å². The quantitative estimate of drug-likeness (QED) is 0.782. The molecule has 1 fully saturated rings. The Morgan fingerprint density at radius 3 is 2.89 bits per heavy atom. The van der Waals surface area contributed by atoms with Gasteiger partial charge in [-0.1, -0.05) is 6.07 Å². The third-order valence-corrected chi connectivity index (χ3v) is 3.46. The first-order valence-electron chi connectivity index (χ1n) is 7.25. The van der Waals surface area contributed by atoms with Gasteiger partial charge in [0.2, 0.25) is 0 Å². The number of fused-ring (bicyclic) bond motifs is 3. The first kappa shape index (κ1) is 11.1. The summed E-state index contributed by atoms with van der Waals surface area (Å²) >= 11 is 0. The second kappa shape index (κ2) is 5.07. The van der Waals surface area contributed by atoms with Gasteiger partial charge in [0.05, 0.1) is 23.8 Å². The Kier molecular flexibility index (Phi) is 2.96. The molecule has 19 heavy (non-hydrogen) atoms. The minimum Gasteiger partial charge on any atom is -0.372 e. The summed E-state index contributed by atoms with van der Waals surface area (Å²) in [6.45, 7) is -2.07. The molecule has 106 valence electrons. The van der Waals surface area contributed by atoms with E-state index >= 15 is 0 Å². The van der Waals surface area contributed by atoms with Crippen molar-refractivity contribution in [2.75, 3.05) is 6.54 Å². The van der Waals surface area contributed by atoms with E-state index in [0.29, 0.717) is 12.0 Å². The highest BCUT2D eigenvalue weighted by atomic mass is 79.9. The van der Waals surface area contributed by atoms with Crippen LogP contribution < -0.4 is 5.32 Å². The van der Waals surface area contributed by atoms with Crippen molar-refractivity contribution in [3.05, 3.63) is 34.9 Å². The number of hydrogen-bond acceptors (Lipinski definition) is 2. The van der Waals surface area contributed by atoms with Gasteiger partial charge in [0.15, 0.2) is 0 Å². The molecule has 3 rings (SSSR count). The first-order valence-corrected chi connectivity index (χ1v) is 5.75. The van der Waals surface area contributed by atoms with Crippen molar-refractivity contribution in [1.29, 1.82) is 0 Å². The van der Waals surface area contributed by atoms with Gasteiger partial charge >= 0.3 is 6.18 Å². The van der Waals surface area contributed by atoms with Crippen LogP contribution in [0.15, 0.2) is 18.2 Å². The lowest BCUT2D eigenvalue weighted by molar-refractivity contribution is -0.137. The van der Waals surface area contributed by atoms with Gasteiger partial charge in [-0.05, 0) is 30.1 Å². The van der Waals surface area contributed by atoms with Crippen LogP contribution in [-0.4, -0.2) is 18.8 Å². The van der Waals surface area contributed by atoms with Crippen molar-refractivity contribution >= 4 is 17.0 Å². The van der Waals surface area contributed by atoms with E-state index in [-0.39, 0.29) is 29.6 Å². The Bertz CT molecular complexity index is 564. The number of nitrogens with one attached hydrogen (secondary N) is 1. The van der Waals surface area contributed by atoms with E-state index in [0.717, 1.165) is 17.7 Å².